The summed E-state index contributed by atoms with van der Waals surface area (Å²) in [5, 5.41) is 14.0. The highest BCUT2D eigenvalue weighted by Gasteiger charge is 2.42. The Kier molecular flexibility index (Phi) is 3.94. The third-order valence-corrected chi connectivity index (χ3v) is 4.13. The summed E-state index contributed by atoms with van der Waals surface area (Å²) in [5.74, 6) is -0.236. The van der Waals surface area contributed by atoms with Crippen LogP contribution in [0.15, 0.2) is 6.07 Å². The van der Waals surface area contributed by atoms with Crippen LogP contribution < -0.4 is 5.73 Å². The fraction of sp³-hybridized carbons (Fsp3) is 0.714. The molecule has 0 radical (unpaired) electrons. The summed E-state index contributed by atoms with van der Waals surface area (Å²) >= 11 is 0. The molecule has 1 saturated carbocycles. The van der Waals surface area contributed by atoms with Gasteiger partial charge < -0.3 is 10.8 Å². The van der Waals surface area contributed by atoms with Gasteiger partial charge in [-0.1, -0.05) is 19.8 Å². The van der Waals surface area contributed by atoms with E-state index in [1.807, 2.05) is 20.0 Å². The van der Waals surface area contributed by atoms with Crippen molar-refractivity contribution in [3.63, 3.8) is 0 Å². The molecule has 1 aromatic rings. The Labute approximate surface area is 113 Å². The van der Waals surface area contributed by atoms with Gasteiger partial charge in [-0.25, -0.2) is 0 Å². The SMILES string of the molecule is CCc1cc(CC(CN)(CC2CC2)C(=O)O)n(C)n1. The maximum Gasteiger partial charge on any atom is 0.311 e. The average Bonchev–Trinajstić information content (AvgIpc) is 3.12. The molecule has 106 valence electrons. The number of rotatable bonds is 7. The number of hydrogen-bond acceptors (Lipinski definition) is 3. The largest absolute Gasteiger partial charge is 0.481 e. The first-order chi connectivity index (χ1) is 9.00. The maximum absolute atomic E-state index is 11.7. The van der Waals surface area contributed by atoms with Crippen LogP contribution in [0.2, 0.25) is 0 Å². The molecule has 0 aromatic carbocycles. The summed E-state index contributed by atoms with van der Waals surface area (Å²) in [7, 11) is 1.87. The molecule has 5 nitrogen and oxygen atoms in total. The Hall–Kier alpha value is -1.36. The minimum absolute atomic E-state index is 0.186. The van der Waals surface area contributed by atoms with Crippen LogP contribution >= 0.6 is 0 Å². The molecule has 1 fully saturated rings. The van der Waals surface area contributed by atoms with Gasteiger partial charge in [-0.3, -0.25) is 9.48 Å². The van der Waals surface area contributed by atoms with Gasteiger partial charge in [0.05, 0.1) is 11.1 Å². The summed E-state index contributed by atoms with van der Waals surface area (Å²) in [6.07, 6.45) is 4.30. The summed E-state index contributed by atoms with van der Waals surface area (Å²) in [6, 6.07) is 2.00. The quantitative estimate of drug-likeness (QED) is 0.780. The summed E-state index contributed by atoms with van der Waals surface area (Å²) < 4.78 is 1.79. The van der Waals surface area contributed by atoms with E-state index in [4.69, 9.17) is 5.73 Å². The Morgan fingerprint density at radius 2 is 2.32 bits per heavy atom. The molecular formula is C14H23N3O2. The highest BCUT2D eigenvalue weighted by atomic mass is 16.4. The Bertz CT molecular complexity index is 465. The van der Waals surface area contributed by atoms with Crippen LogP contribution in [0.1, 0.15) is 37.6 Å². The normalized spacial score (nSPS) is 18.3. The molecule has 19 heavy (non-hydrogen) atoms. The lowest BCUT2D eigenvalue weighted by Crippen LogP contribution is -2.41. The lowest BCUT2D eigenvalue weighted by Gasteiger charge is -2.28. The number of aromatic nitrogens is 2. The molecule has 1 heterocycles. The van der Waals surface area contributed by atoms with Crippen molar-refractivity contribution >= 4 is 5.97 Å². The van der Waals surface area contributed by atoms with Gasteiger partial charge in [0.15, 0.2) is 0 Å². The zero-order valence-corrected chi connectivity index (χ0v) is 11.7. The van der Waals surface area contributed by atoms with Crippen LogP contribution in [-0.4, -0.2) is 27.4 Å². The number of aryl methyl sites for hydroxylation is 2. The average molecular weight is 265 g/mol. The van der Waals surface area contributed by atoms with E-state index in [2.05, 4.69) is 5.10 Å². The summed E-state index contributed by atoms with van der Waals surface area (Å²) in [6.45, 7) is 2.23. The van der Waals surface area contributed by atoms with Crippen molar-refractivity contribution in [3.8, 4) is 0 Å². The molecule has 0 amide bonds. The number of nitrogens with zero attached hydrogens (tertiary/aromatic N) is 2. The van der Waals surface area contributed by atoms with Gasteiger partial charge in [-0.05, 0) is 24.8 Å². The number of carbonyl (C=O) groups is 1. The van der Waals surface area contributed by atoms with Crippen molar-refractivity contribution in [2.45, 2.75) is 39.0 Å². The van der Waals surface area contributed by atoms with Crippen LogP contribution in [0.4, 0.5) is 0 Å². The van der Waals surface area contributed by atoms with Crippen molar-refractivity contribution in [2.75, 3.05) is 6.54 Å². The third kappa shape index (κ3) is 2.97. The smallest absolute Gasteiger partial charge is 0.311 e. The van der Waals surface area contributed by atoms with Crippen molar-refractivity contribution < 1.29 is 9.90 Å². The highest BCUT2D eigenvalue weighted by molar-refractivity contribution is 5.75. The van der Waals surface area contributed by atoms with Gasteiger partial charge >= 0.3 is 5.97 Å². The molecule has 0 saturated heterocycles. The lowest BCUT2D eigenvalue weighted by atomic mass is 9.78. The van der Waals surface area contributed by atoms with Crippen molar-refractivity contribution in [2.24, 2.45) is 24.1 Å². The minimum Gasteiger partial charge on any atom is -0.481 e. The zero-order valence-electron chi connectivity index (χ0n) is 11.7. The second-order valence-electron chi connectivity index (χ2n) is 5.72. The van der Waals surface area contributed by atoms with E-state index in [0.717, 1.165) is 30.7 Å². The van der Waals surface area contributed by atoms with Crippen LogP contribution in [0.5, 0.6) is 0 Å². The molecule has 0 spiro atoms. The molecule has 3 N–H and O–H groups in total. The van der Waals surface area contributed by atoms with Gasteiger partial charge in [0, 0.05) is 25.7 Å². The van der Waals surface area contributed by atoms with Crippen molar-refractivity contribution in [3.05, 3.63) is 17.5 Å². The minimum atomic E-state index is -0.833. The molecular weight excluding hydrogens is 242 g/mol. The topological polar surface area (TPSA) is 81.1 Å². The van der Waals surface area contributed by atoms with Crippen LogP contribution in [0, 0.1) is 11.3 Å². The molecule has 1 aliphatic carbocycles. The van der Waals surface area contributed by atoms with Gasteiger partial charge in [-0.15, -0.1) is 0 Å². The molecule has 2 rings (SSSR count). The standard InChI is InChI=1S/C14H23N3O2/c1-3-11-6-12(17(2)16-11)8-14(9-15,13(18)19)7-10-4-5-10/h6,10H,3-5,7-9,15H2,1-2H3,(H,18,19). The first kappa shape index (κ1) is 14.1. The first-order valence-electron chi connectivity index (χ1n) is 6.96. The predicted octanol–water partition coefficient (Wildman–Crippen LogP) is 1.35. The fourth-order valence-corrected chi connectivity index (χ4v) is 2.61. The van der Waals surface area contributed by atoms with E-state index < -0.39 is 11.4 Å². The fourth-order valence-electron chi connectivity index (χ4n) is 2.61. The van der Waals surface area contributed by atoms with E-state index in [9.17, 15) is 9.90 Å². The summed E-state index contributed by atoms with van der Waals surface area (Å²) in [5.41, 5.74) is 6.94. The highest BCUT2D eigenvalue weighted by Crippen LogP contribution is 2.41. The molecule has 5 heteroatoms. The van der Waals surface area contributed by atoms with Gasteiger partial charge in [-0.2, -0.15) is 5.10 Å². The monoisotopic (exact) mass is 265 g/mol. The van der Waals surface area contributed by atoms with Crippen LogP contribution in [-0.2, 0) is 24.7 Å². The molecule has 0 bridgehead atoms. The van der Waals surface area contributed by atoms with E-state index in [1.165, 1.54) is 0 Å². The van der Waals surface area contributed by atoms with E-state index in [0.29, 0.717) is 18.8 Å². The van der Waals surface area contributed by atoms with E-state index in [-0.39, 0.29) is 6.54 Å². The molecule has 1 aliphatic rings. The van der Waals surface area contributed by atoms with Crippen molar-refractivity contribution in [1.29, 1.82) is 0 Å². The number of carboxylic acids is 1. The van der Waals surface area contributed by atoms with Crippen LogP contribution in [0.25, 0.3) is 0 Å². The van der Waals surface area contributed by atoms with Crippen LogP contribution in [0.3, 0.4) is 0 Å². The summed E-state index contributed by atoms with van der Waals surface area (Å²) in [4.78, 5) is 11.7. The Balaban J connectivity index is 2.22. The molecule has 1 atom stereocenters. The van der Waals surface area contributed by atoms with E-state index >= 15 is 0 Å². The number of aliphatic carboxylic acids is 1. The predicted molar refractivity (Wildman–Crippen MR) is 72.8 cm³/mol. The molecule has 0 aliphatic heterocycles. The number of carboxylic acid groups (broad SMARTS) is 1. The zero-order chi connectivity index (χ0) is 14.0. The molecule has 1 unspecified atom stereocenters. The van der Waals surface area contributed by atoms with Gasteiger partial charge in [0.1, 0.15) is 0 Å². The third-order valence-electron chi connectivity index (χ3n) is 4.13. The second kappa shape index (κ2) is 5.33. The lowest BCUT2D eigenvalue weighted by molar-refractivity contribution is -0.149. The number of hydrogen-bond donors (Lipinski definition) is 2. The van der Waals surface area contributed by atoms with Crippen molar-refractivity contribution in [1.82, 2.24) is 9.78 Å². The Morgan fingerprint density at radius 3 is 2.74 bits per heavy atom. The Morgan fingerprint density at radius 1 is 1.63 bits per heavy atom. The first-order valence-corrected chi connectivity index (χ1v) is 6.96. The molecule has 1 aromatic heterocycles. The van der Waals surface area contributed by atoms with Gasteiger partial charge in [0.25, 0.3) is 0 Å². The number of nitrogens with two attached hydrogens (primary N) is 1. The van der Waals surface area contributed by atoms with E-state index in [1.54, 1.807) is 4.68 Å². The van der Waals surface area contributed by atoms with Gasteiger partial charge in [0.2, 0.25) is 0 Å². The second-order valence-corrected chi connectivity index (χ2v) is 5.72. The maximum atomic E-state index is 11.7.